The molecule has 2 heterocycles. The van der Waals surface area contributed by atoms with E-state index in [1.165, 1.54) is 34.5 Å². The first kappa shape index (κ1) is 17.1. The van der Waals surface area contributed by atoms with Gasteiger partial charge in [-0.15, -0.1) is 0 Å². The second kappa shape index (κ2) is 6.30. The van der Waals surface area contributed by atoms with Crippen molar-refractivity contribution >= 4 is 21.6 Å². The lowest BCUT2D eigenvalue weighted by Gasteiger charge is -2.33. The van der Waals surface area contributed by atoms with Crippen LogP contribution in [-0.2, 0) is 19.6 Å². The number of ether oxygens (including phenoxy) is 2. The summed E-state index contributed by atoms with van der Waals surface area (Å²) >= 11 is 0. The van der Waals surface area contributed by atoms with E-state index in [0.29, 0.717) is 5.69 Å². The van der Waals surface area contributed by atoms with Crippen LogP contribution in [0.1, 0.15) is 6.42 Å². The fourth-order valence-electron chi connectivity index (χ4n) is 3.13. The topological polar surface area (TPSA) is 76.2 Å². The molecule has 0 spiro atoms. The van der Waals surface area contributed by atoms with Gasteiger partial charge in [-0.3, -0.25) is 4.79 Å². The summed E-state index contributed by atoms with van der Waals surface area (Å²) in [5, 5.41) is 0. The number of rotatable bonds is 3. The molecule has 0 bridgehead atoms. The maximum Gasteiger partial charge on any atom is 0.245 e. The van der Waals surface area contributed by atoms with Gasteiger partial charge in [-0.2, -0.15) is 4.31 Å². The molecule has 1 aromatic carbocycles. The Balaban J connectivity index is 1.92. The number of anilines is 1. The molecule has 9 heteroatoms. The highest BCUT2D eigenvalue weighted by molar-refractivity contribution is 7.88. The van der Waals surface area contributed by atoms with E-state index in [0.717, 1.165) is 6.26 Å². The number of carbonyl (C=O) groups is 1. The van der Waals surface area contributed by atoms with Crippen LogP contribution in [0.25, 0.3) is 0 Å². The number of benzene rings is 1. The van der Waals surface area contributed by atoms with Gasteiger partial charge in [-0.1, -0.05) is 0 Å². The number of carbonyl (C=O) groups excluding carboxylic acids is 1. The normalized spacial score (nSPS) is 24.5. The number of sulfonamides is 1. The van der Waals surface area contributed by atoms with E-state index < -0.39 is 21.9 Å². The van der Waals surface area contributed by atoms with Gasteiger partial charge in [0, 0.05) is 26.1 Å². The Labute approximate surface area is 140 Å². The van der Waals surface area contributed by atoms with Crippen molar-refractivity contribution in [2.75, 3.05) is 38.0 Å². The molecule has 1 fully saturated rings. The van der Waals surface area contributed by atoms with Crippen LogP contribution in [0.2, 0.25) is 0 Å². The standard InChI is InChI=1S/C15H19FN2O5S/c1-22-11-8-13(18(9-11)24(2,20)21)15(19)17-5-6-23-14-7-10(16)3-4-12(14)17/h3-4,7,11,13H,5-6,8-9H2,1-2H3/t11-,13+/m0/s1. The zero-order valence-corrected chi connectivity index (χ0v) is 14.3. The van der Waals surface area contributed by atoms with Crippen molar-refractivity contribution in [2.24, 2.45) is 0 Å². The Bertz CT molecular complexity index is 754. The van der Waals surface area contributed by atoms with Gasteiger partial charge >= 0.3 is 0 Å². The number of halogens is 1. The van der Waals surface area contributed by atoms with Crippen LogP contribution >= 0.6 is 0 Å². The van der Waals surface area contributed by atoms with Crippen LogP contribution in [0.15, 0.2) is 18.2 Å². The molecule has 0 radical (unpaired) electrons. The lowest BCUT2D eigenvalue weighted by molar-refractivity contribution is -0.122. The molecular weight excluding hydrogens is 339 g/mol. The van der Waals surface area contributed by atoms with Crippen LogP contribution in [0.3, 0.4) is 0 Å². The molecule has 2 atom stereocenters. The molecule has 24 heavy (non-hydrogen) atoms. The van der Waals surface area contributed by atoms with Gasteiger partial charge in [0.25, 0.3) is 0 Å². The van der Waals surface area contributed by atoms with Gasteiger partial charge in [0.2, 0.25) is 15.9 Å². The first-order chi connectivity index (χ1) is 11.3. The van der Waals surface area contributed by atoms with Crippen molar-refractivity contribution in [3.8, 4) is 5.75 Å². The van der Waals surface area contributed by atoms with Crippen LogP contribution in [-0.4, -0.2) is 63.8 Å². The summed E-state index contributed by atoms with van der Waals surface area (Å²) in [5.74, 6) is -0.529. The fraction of sp³-hybridized carbons (Fsp3) is 0.533. The SMILES string of the molecule is CO[C@H]1C[C@H](C(=O)N2CCOc3cc(F)ccc32)N(S(C)(=O)=O)C1. The monoisotopic (exact) mass is 358 g/mol. The highest BCUT2D eigenvalue weighted by atomic mass is 32.2. The fourth-order valence-corrected chi connectivity index (χ4v) is 4.21. The molecule has 1 amide bonds. The third-order valence-corrected chi connectivity index (χ3v) is 5.57. The Morgan fingerprint density at radius 2 is 2.17 bits per heavy atom. The highest BCUT2D eigenvalue weighted by Gasteiger charge is 2.44. The minimum absolute atomic E-state index is 0.145. The molecule has 132 valence electrons. The zero-order chi connectivity index (χ0) is 17.5. The first-order valence-electron chi connectivity index (χ1n) is 7.54. The molecular formula is C15H19FN2O5S. The van der Waals surface area contributed by atoms with Crippen molar-refractivity contribution in [3.05, 3.63) is 24.0 Å². The average molecular weight is 358 g/mol. The molecule has 1 saturated heterocycles. The average Bonchev–Trinajstić information content (AvgIpc) is 2.98. The summed E-state index contributed by atoms with van der Waals surface area (Å²) in [6.07, 6.45) is 1.03. The minimum Gasteiger partial charge on any atom is -0.489 e. The van der Waals surface area contributed by atoms with Crippen molar-refractivity contribution in [1.82, 2.24) is 4.31 Å². The summed E-state index contributed by atoms with van der Waals surface area (Å²) < 4.78 is 49.2. The minimum atomic E-state index is -3.55. The van der Waals surface area contributed by atoms with Gasteiger partial charge in [0.1, 0.15) is 24.2 Å². The summed E-state index contributed by atoms with van der Waals surface area (Å²) in [6, 6.07) is 3.10. The Kier molecular flexibility index (Phi) is 4.50. The largest absolute Gasteiger partial charge is 0.489 e. The third-order valence-electron chi connectivity index (χ3n) is 4.31. The van der Waals surface area contributed by atoms with E-state index in [1.54, 1.807) is 0 Å². The summed E-state index contributed by atoms with van der Waals surface area (Å²) in [6.45, 7) is 0.650. The summed E-state index contributed by atoms with van der Waals surface area (Å²) in [7, 11) is -2.06. The van der Waals surface area contributed by atoms with Crippen LogP contribution in [0, 0.1) is 5.82 Å². The molecule has 0 N–H and O–H groups in total. The van der Waals surface area contributed by atoms with Gasteiger partial charge in [-0.25, -0.2) is 12.8 Å². The molecule has 1 aromatic rings. The second-order valence-electron chi connectivity index (χ2n) is 5.89. The number of hydrogen-bond acceptors (Lipinski definition) is 5. The smallest absolute Gasteiger partial charge is 0.245 e. The van der Waals surface area contributed by atoms with E-state index in [2.05, 4.69) is 0 Å². The van der Waals surface area contributed by atoms with Crippen molar-refractivity contribution < 1.29 is 27.1 Å². The second-order valence-corrected chi connectivity index (χ2v) is 7.83. The van der Waals surface area contributed by atoms with E-state index in [4.69, 9.17) is 9.47 Å². The third kappa shape index (κ3) is 3.11. The predicted molar refractivity (Wildman–Crippen MR) is 85.0 cm³/mol. The highest BCUT2D eigenvalue weighted by Crippen LogP contribution is 2.34. The van der Waals surface area contributed by atoms with Gasteiger partial charge in [-0.05, 0) is 12.1 Å². The molecule has 2 aliphatic heterocycles. The molecule has 0 aromatic heterocycles. The van der Waals surface area contributed by atoms with Gasteiger partial charge in [0.15, 0.2) is 0 Å². The lowest BCUT2D eigenvalue weighted by Crippen LogP contribution is -2.49. The molecule has 0 unspecified atom stereocenters. The summed E-state index contributed by atoms with van der Waals surface area (Å²) in [4.78, 5) is 14.4. The summed E-state index contributed by atoms with van der Waals surface area (Å²) in [5.41, 5.74) is 0.446. The number of fused-ring (bicyclic) bond motifs is 1. The molecule has 3 rings (SSSR count). The Morgan fingerprint density at radius 3 is 2.83 bits per heavy atom. The molecule has 0 saturated carbocycles. The van der Waals surface area contributed by atoms with E-state index >= 15 is 0 Å². The first-order valence-corrected chi connectivity index (χ1v) is 9.39. The number of amides is 1. The van der Waals surface area contributed by atoms with Crippen molar-refractivity contribution in [3.63, 3.8) is 0 Å². The maximum absolute atomic E-state index is 13.4. The molecule has 7 nitrogen and oxygen atoms in total. The zero-order valence-electron chi connectivity index (χ0n) is 13.4. The molecule has 0 aliphatic carbocycles. The van der Waals surface area contributed by atoms with E-state index in [1.807, 2.05) is 0 Å². The predicted octanol–water partition coefficient (Wildman–Crippen LogP) is 0.600. The van der Waals surface area contributed by atoms with Crippen LogP contribution in [0.4, 0.5) is 10.1 Å². The number of hydrogen-bond donors (Lipinski definition) is 0. The van der Waals surface area contributed by atoms with Crippen LogP contribution in [0.5, 0.6) is 5.75 Å². The Hall–Kier alpha value is -1.71. The quantitative estimate of drug-likeness (QED) is 0.791. The van der Waals surface area contributed by atoms with E-state index in [9.17, 15) is 17.6 Å². The number of methoxy groups -OCH3 is 1. The van der Waals surface area contributed by atoms with Gasteiger partial charge in [0.05, 0.1) is 24.6 Å². The Morgan fingerprint density at radius 1 is 1.42 bits per heavy atom. The van der Waals surface area contributed by atoms with Crippen molar-refractivity contribution in [1.29, 1.82) is 0 Å². The van der Waals surface area contributed by atoms with Crippen molar-refractivity contribution in [2.45, 2.75) is 18.6 Å². The molecule has 2 aliphatic rings. The number of nitrogens with zero attached hydrogens (tertiary/aromatic N) is 2. The lowest BCUT2D eigenvalue weighted by atomic mass is 10.1. The van der Waals surface area contributed by atoms with E-state index in [-0.39, 0.29) is 43.9 Å². The maximum atomic E-state index is 13.4. The van der Waals surface area contributed by atoms with Gasteiger partial charge < -0.3 is 14.4 Å². The van der Waals surface area contributed by atoms with Crippen LogP contribution < -0.4 is 9.64 Å².